The van der Waals surface area contributed by atoms with Gasteiger partial charge in [0.25, 0.3) is 5.91 Å². The van der Waals surface area contributed by atoms with Crippen LogP contribution in [0, 0.1) is 6.92 Å². The second-order valence-corrected chi connectivity index (χ2v) is 6.01. The third-order valence-electron chi connectivity index (χ3n) is 4.30. The van der Waals surface area contributed by atoms with Crippen LogP contribution < -0.4 is 4.74 Å². The van der Waals surface area contributed by atoms with Gasteiger partial charge in [-0.15, -0.1) is 0 Å². The Balaban J connectivity index is 1.42. The van der Waals surface area contributed by atoms with Gasteiger partial charge in [-0.05, 0) is 25.1 Å². The van der Waals surface area contributed by atoms with Gasteiger partial charge in [0.2, 0.25) is 5.88 Å². The Kier molecular flexibility index (Phi) is 3.93. The van der Waals surface area contributed by atoms with Crippen molar-refractivity contribution < 1.29 is 9.53 Å². The van der Waals surface area contributed by atoms with Crippen LogP contribution in [0.15, 0.2) is 60.9 Å². The molecule has 2 aromatic heterocycles. The highest BCUT2D eigenvalue weighted by Gasteiger charge is 2.34. The van der Waals surface area contributed by atoms with Gasteiger partial charge in [0.15, 0.2) is 0 Å². The standard InChI is InChI=1S/C19H18N4O2/c1-14-17(11-21-23(14)15-7-3-2-4-8-15)19(24)22-12-16(13-22)25-18-9-5-6-10-20-18/h2-11,16H,12-13H2,1H3. The van der Waals surface area contributed by atoms with E-state index in [1.165, 1.54) is 0 Å². The van der Waals surface area contributed by atoms with E-state index < -0.39 is 0 Å². The van der Waals surface area contributed by atoms with Crippen LogP contribution in [0.1, 0.15) is 16.1 Å². The number of benzene rings is 1. The van der Waals surface area contributed by atoms with Gasteiger partial charge in [0.1, 0.15) is 6.10 Å². The van der Waals surface area contributed by atoms with Crippen molar-refractivity contribution in [2.24, 2.45) is 0 Å². The summed E-state index contributed by atoms with van der Waals surface area (Å²) in [6.45, 7) is 3.03. The van der Waals surface area contributed by atoms with Crippen molar-refractivity contribution in [1.82, 2.24) is 19.7 Å². The van der Waals surface area contributed by atoms with Crippen molar-refractivity contribution in [2.75, 3.05) is 13.1 Å². The van der Waals surface area contributed by atoms with Gasteiger partial charge >= 0.3 is 0 Å². The van der Waals surface area contributed by atoms with Crippen molar-refractivity contribution in [3.63, 3.8) is 0 Å². The summed E-state index contributed by atoms with van der Waals surface area (Å²) in [6, 6.07) is 15.3. The second kappa shape index (κ2) is 6.39. The number of pyridine rings is 1. The van der Waals surface area contributed by atoms with E-state index in [1.807, 2.05) is 55.5 Å². The SMILES string of the molecule is Cc1c(C(=O)N2CC(Oc3ccccn3)C2)cnn1-c1ccccc1. The second-order valence-electron chi connectivity index (χ2n) is 6.01. The van der Waals surface area contributed by atoms with Gasteiger partial charge in [0.05, 0.1) is 36.2 Å². The van der Waals surface area contributed by atoms with Crippen LogP contribution in [0.5, 0.6) is 5.88 Å². The smallest absolute Gasteiger partial charge is 0.257 e. The number of hydrogen-bond acceptors (Lipinski definition) is 4. The number of aromatic nitrogens is 3. The molecular weight excluding hydrogens is 316 g/mol. The summed E-state index contributed by atoms with van der Waals surface area (Å²) >= 11 is 0. The minimum absolute atomic E-state index is 0.0108. The van der Waals surface area contributed by atoms with E-state index >= 15 is 0 Å². The molecule has 6 heteroatoms. The van der Waals surface area contributed by atoms with Crippen molar-refractivity contribution in [3.05, 3.63) is 72.2 Å². The zero-order valence-corrected chi connectivity index (χ0v) is 13.9. The lowest BCUT2D eigenvalue weighted by molar-refractivity contribution is 0.0159. The maximum absolute atomic E-state index is 12.7. The molecule has 1 saturated heterocycles. The third-order valence-corrected chi connectivity index (χ3v) is 4.30. The molecule has 4 rings (SSSR count). The first-order valence-electron chi connectivity index (χ1n) is 8.19. The van der Waals surface area contributed by atoms with Crippen LogP contribution in [0.25, 0.3) is 5.69 Å². The van der Waals surface area contributed by atoms with Crippen LogP contribution in [-0.4, -0.2) is 44.8 Å². The summed E-state index contributed by atoms with van der Waals surface area (Å²) in [4.78, 5) is 18.6. The van der Waals surface area contributed by atoms with Crippen molar-refractivity contribution in [3.8, 4) is 11.6 Å². The lowest BCUT2D eigenvalue weighted by atomic mass is 10.1. The molecule has 1 aromatic carbocycles. The van der Waals surface area contributed by atoms with Crippen LogP contribution >= 0.6 is 0 Å². The molecule has 126 valence electrons. The summed E-state index contributed by atoms with van der Waals surface area (Å²) in [6.07, 6.45) is 3.32. The Hall–Kier alpha value is -3.15. The normalized spacial score (nSPS) is 14.2. The topological polar surface area (TPSA) is 60.3 Å². The van der Waals surface area contributed by atoms with Crippen molar-refractivity contribution in [1.29, 1.82) is 0 Å². The van der Waals surface area contributed by atoms with Gasteiger partial charge in [-0.25, -0.2) is 9.67 Å². The minimum Gasteiger partial charge on any atom is -0.471 e. The van der Waals surface area contributed by atoms with E-state index in [9.17, 15) is 4.79 Å². The number of hydrogen-bond donors (Lipinski definition) is 0. The average Bonchev–Trinajstić information content (AvgIpc) is 3.00. The fourth-order valence-electron chi connectivity index (χ4n) is 2.89. The number of para-hydroxylation sites is 1. The molecule has 3 heterocycles. The summed E-state index contributed by atoms with van der Waals surface area (Å²) in [5.41, 5.74) is 2.41. The van der Waals surface area contributed by atoms with E-state index in [1.54, 1.807) is 22.0 Å². The zero-order chi connectivity index (χ0) is 17.2. The van der Waals surface area contributed by atoms with Crippen LogP contribution in [0.2, 0.25) is 0 Å². The molecule has 1 aliphatic rings. The van der Waals surface area contributed by atoms with Gasteiger partial charge in [0, 0.05) is 12.3 Å². The van der Waals surface area contributed by atoms with E-state index in [0.29, 0.717) is 24.5 Å². The monoisotopic (exact) mass is 334 g/mol. The molecule has 0 radical (unpaired) electrons. The first kappa shape index (κ1) is 15.4. The van der Waals surface area contributed by atoms with Gasteiger partial charge < -0.3 is 9.64 Å². The number of amides is 1. The summed E-state index contributed by atoms with van der Waals surface area (Å²) < 4.78 is 7.53. The Morgan fingerprint density at radius 2 is 1.88 bits per heavy atom. The summed E-state index contributed by atoms with van der Waals surface area (Å²) in [5.74, 6) is 0.577. The largest absolute Gasteiger partial charge is 0.471 e. The molecular formula is C19H18N4O2. The highest BCUT2D eigenvalue weighted by atomic mass is 16.5. The highest BCUT2D eigenvalue weighted by molar-refractivity contribution is 5.95. The molecule has 0 aliphatic carbocycles. The van der Waals surface area contributed by atoms with E-state index in [-0.39, 0.29) is 12.0 Å². The molecule has 3 aromatic rings. The molecule has 1 aliphatic heterocycles. The molecule has 0 bridgehead atoms. The molecule has 0 saturated carbocycles. The number of likely N-dealkylation sites (tertiary alicyclic amines) is 1. The Morgan fingerprint density at radius 1 is 1.12 bits per heavy atom. The van der Waals surface area contributed by atoms with E-state index in [0.717, 1.165) is 11.4 Å². The lowest BCUT2D eigenvalue weighted by Crippen LogP contribution is -2.56. The molecule has 0 spiro atoms. The minimum atomic E-state index is -0.0134. The number of carbonyl (C=O) groups is 1. The molecule has 0 unspecified atom stereocenters. The fraction of sp³-hybridized carbons (Fsp3) is 0.211. The first-order valence-corrected chi connectivity index (χ1v) is 8.19. The molecule has 0 N–H and O–H groups in total. The van der Waals surface area contributed by atoms with Crippen LogP contribution in [0.4, 0.5) is 0 Å². The number of rotatable bonds is 4. The number of nitrogens with zero attached hydrogens (tertiary/aromatic N) is 4. The van der Waals surface area contributed by atoms with Crippen molar-refractivity contribution >= 4 is 5.91 Å². The highest BCUT2D eigenvalue weighted by Crippen LogP contribution is 2.21. The van der Waals surface area contributed by atoms with Gasteiger partial charge in [-0.2, -0.15) is 5.10 Å². The molecule has 6 nitrogen and oxygen atoms in total. The van der Waals surface area contributed by atoms with E-state index in [2.05, 4.69) is 10.1 Å². The molecule has 1 fully saturated rings. The molecule has 1 amide bonds. The maximum Gasteiger partial charge on any atom is 0.257 e. The van der Waals surface area contributed by atoms with Crippen LogP contribution in [-0.2, 0) is 0 Å². The molecule has 25 heavy (non-hydrogen) atoms. The Bertz CT molecular complexity index is 871. The predicted molar refractivity (Wildman–Crippen MR) is 92.9 cm³/mol. The van der Waals surface area contributed by atoms with E-state index in [4.69, 9.17) is 4.74 Å². The Labute approximate surface area is 145 Å². The van der Waals surface area contributed by atoms with Crippen LogP contribution in [0.3, 0.4) is 0 Å². The van der Waals surface area contributed by atoms with Gasteiger partial charge in [-0.1, -0.05) is 24.3 Å². The average molecular weight is 334 g/mol. The summed E-state index contributed by atoms with van der Waals surface area (Å²) in [7, 11) is 0. The maximum atomic E-state index is 12.7. The zero-order valence-electron chi connectivity index (χ0n) is 13.9. The first-order chi connectivity index (χ1) is 12.2. The number of carbonyl (C=O) groups excluding carboxylic acids is 1. The third kappa shape index (κ3) is 2.98. The Morgan fingerprint density at radius 3 is 2.60 bits per heavy atom. The van der Waals surface area contributed by atoms with Crippen molar-refractivity contribution in [2.45, 2.75) is 13.0 Å². The lowest BCUT2D eigenvalue weighted by Gasteiger charge is -2.38. The summed E-state index contributed by atoms with van der Waals surface area (Å²) in [5, 5.41) is 4.36. The number of ether oxygens (including phenoxy) is 1. The van der Waals surface area contributed by atoms with Gasteiger partial charge in [-0.3, -0.25) is 4.79 Å². The fourth-order valence-corrected chi connectivity index (χ4v) is 2.89. The quantitative estimate of drug-likeness (QED) is 0.735. The predicted octanol–water partition coefficient (Wildman–Crippen LogP) is 2.48. The molecule has 0 atom stereocenters.